The van der Waals surface area contributed by atoms with Crippen LogP contribution in [0.4, 0.5) is 0 Å². The van der Waals surface area contributed by atoms with E-state index < -0.39 is 0 Å². The van der Waals surface area contributed by atoms with Crippen molar-refractivity contribution in [2.24, 2.45) is 0 Å². The first-order valence-electron chi connectivity index (χ1n) is 7.26. The van der Waals surface area contributed by atoms with Crippen molar-refractivity contribution in [2.75, 3.05) is 0 Å². The summed E-state index contributed by atoms with van der Waals surface area (Å²) in [4.78, 5) is 0. The highest BCUT2D eigenvalue weighted by molar-refractivity contribution is 6.32. The molecule has 100 valence electrons. The number of hydrogen-bond donors (Lipinski definition) is 0. The van der Waals surface area contributed by atoms with Crippen LogP contribution in [0.25, 0.3) is 11.1 Å². The molecule has 2 aromatic rings. The highest BCUT2D eigenvalue weighted by Gasteiger charge is 2.36. The third-order valence-corrected chi connectivity index (χ3v) is 4.57. The normalized spacial score (nSPS) is 15.8. The fourth-order valence-corrected chi connectivity index (χ4v) is 3.22. The van der Waals surface area contributed by atoms with Gasteiger partial charge in [-0.3, -0.25) is 0 Å². The van der Waals surface area contributed by atoms with Crippen LogP contribution in [0.15, 0.2) is 36.4 Å². The van der Waals surface area contributed by atoms with Crippen LogP contribution in [0.2, 0.25) is 0 Å². The van der Waals surface area contributed by atoms with Gasteiger partial charge in [-0.05, 0) is 33.2 Å². The van der Waals surface area contributed by atoms with Gasteiger partial charge in [0.25, 0.3) is 0 Å². The van der Waals surface area contributed by atoms with Gasteiger partial charge in [-0.1, -0.05) is 76.5 Å². The van der Waals surface area contributed by atoms with Crippen LogP contribution in [-0.4, -0.2) is 7.85 Å². The molecule has 3 rings (SSSR count). The zero-order chi connectivity index (χ0) is 14.7. The van der Waals surface area contributed by atoms with Gasteiger partial charge in [-0.15, -0.1) is 0 Å². The smallest absolute Gasteiger partial charge is 0.0963 e. The van der Waals surface area contributed by atoms with Crippen molar-refractivity contribution in [3.63, 3.8) is 0 Å². The Kier molecular flexibility index (Phi) is 2.70. The van der Waals surface area contributed by atoms with E-state index in [2.05, 4.69) is 65.0 Å². The van der Waals surface area contributed by atoms with E-state index in [0.29, 0.717) is 0 Å². The molecule has 1 heteroatoms. The quantitative estimate of drug-likeness (QED) is 0.626. The largest absolute Gasteiger partial charge is 0.113 e. The van der Waals surface area contributed by atoms with Gasteiger partial charge in [0.2, 0.25) is 0 Å². The minimum Gasteiger partial charge on any atom is -0.0963 e. The van der Waals surface area contributed by atoms with E-state index in [0.717, 1.165) is 5.46 Å². The van der Waals surface area contributed by atoms with Crippen molar-refractivity contribution in [1.82, 2.24) is 0 Å². The predicted octanol–water partition coefficient (Wildman–Crippen LogP) is 4.08. The molecule has 0 spiro atoms. The summed E-state index contributed by atoms with van der Waals surface area (Å²) < 4.78 is 0. The monoisotopic (exact) mass is 260 g/mol. The van der Waals surface area contributed by atoms with Gasteiger partial charge >= 0.3 is 0 Å². The van der Waals surface area contributed by atoms with E-state index in [9.17, 15) is 0 Å². The highest BCUT2D eigenvalue weighted by Crippen LogP contribution is 2.49. The van der Waals surface area contributed by atoms with Gasteiger partial charge in [0.15, 0.2) is 0 Å². The number of fused-ring (bicyclic) bond motifs is 3. The molecule has 0 saturated heterocycles. The number of benzene rings is 2. The fraction of sp³-hybridized carbons (Fsp3) is 0.368. The second-order valence-electron chi connectivity index (χ2n) is 7.44. The van der Waals surface area contributed by atoms with Crippen molar-refractivity contribution in [1.29, 1.82) is 0 Å². The zero-order valence-electron chi connectivity index (χ0n) is 13.0. The van der Waals surface area contributed by atoms with Gasteiger partial charge in [0, 0.05) is 5.41 Å². The molecule has 0 bridgehead atoms. The molecule has 0 fully saturated rings. The van der Waals surface area contributed by atoms with E-state index >= 15 is 0 Å². The second-order valence-corrected chi connectivity index (χ2v) is 7.44. The van der Waals surface area contributed by atoms with Crippen molar-refractivity contribution in [3.8, 4) is 11.1 Å². The van der Waals surface area contributed by atoms with E-state index in [1.807, 2.05) is 6.07 Å². The van der Waals surface area contributed by atoms with Crippen LogP contribution in [-0.2, 0) is 10.8 Å². The Morgan fingerprint density at radius 2 is 1.40 bits per heavy atom. The minimum absolute atomic E-state index is 0.0291. The van der Waals surface area contributed by atoms with E-state index in [1.54, 1.807) is 0 Å². The van der Waals surface area contributed by atoms with Crippen LogP contribution in [0, 0.1) is 0 Å². The number of rotatable bonds is 0. The lowest BCUT2D eigenvalue weighted by atomic mass is 9.78. The summed E-state index contributed by atoms with van der Waals surface area (Å²) in [5, 5.41) is 0. The summed E-state index contributed by atoms with van der Waals surface area (Å²) in [7, 11) is 5.99. The Balaban J connectivity index is 2.27. The van der Waals surface area contributed by atoms with Gasteiger partial charge in [-0.25, -0.2) is 0 Å². The average Bonchev–Trinajstić information content (AvgIpc) is 2.57. The molecule has 2 aromatic carbocycles. The van der Waals surface area contributed by atoms with Gasteiger partial charge < -0.3 is 0 Å². The van der Waals surface area contributed by atoms with Gasteiger partial charge in [0.05, 0.1) is 0 Å². The van der Waals surface area contributed by atoms with Crippen LogP contribution in [0.5, 0.6) is 0 Å². The zero-order valence-corrected chi connectivity index (χ0v) is 13.0. The summed E-state index contributed by atoms with van der Waals surface area (Å²) >= 11 is 0. The lowest BCUT2D eigenvalue weighted by molar-refractivity contribution is 0.585. The maximum atomic E-state index is 5.99. The Morgan fingerprint density at radius 1 is 0.850 bits per heavy atom. The Labute approximate surface area is 123 Å². The number of hydrogen-bond acceptors (Lipinski definition) is 0. The lowest BCUT2D eigenvalue weighted by Gasteiger charge is -2.25. The van der Waals surface area contributed by atoms with Gasteiger partial charge in [0.1, 0.15) is 7.85 Å². The summed E-state index contributed by atoms with van der Waals surface area (Å²) in [5.41, 5.74) is 7.91. The third kappa shape index (κ3) is 1.83. The second kappa shape index (κ2) is 4.01. The molecule has 0 heterocycles. The first-order chi connectivity index (χ1) is 9.21. The molecule has 0 saturated carbocycles. The lowest BCUT2D eigenvalue weighted by Crippen LogP contribution is -2.19. The molecule has 0 nitrogen and oxygen atoms in total. The predicted molar refractivity (Wildman–Crippen MR) is 88.1 cm³/mol. The molecular formula is C19H21B. The fourth-order valence-electron chi connectivity index (χ4n) is 3.22. The molecule has 1 aliphatic carbocycles. The third-order valence-electron chi connectivity index (χ3n) is 4.57. The molecule has 20 heavy (non-hydrogen) atoms. The summed E-state index contributed by atoms with van der Waals surface area (Å²) in [6.45, 7) is 11.4. The van der Waals surface area contributed by atoms with Crippen molar-refractivity contribution in [2.45, 2.75) is 45.4 Å². The highest BCUT2D eigenvalue weighted by atomic mass is 14.4. The van der Waals surface area contributed by atoms with Crippen LogP contribution < -0.4 is 5.46 Å². The van der Waals surface area contributed by atoms with Gasteiger partial charge in [-0.2, -0.15) is 0 Å². The molecule has 0 N–H and O–H groups in total. The average molecular weight is 260 g/mol. The van der Waals surface area contributed by atoms with Crippen LogP contribution in [0.1, 0.15) is 51.3 Å². The first kappa shape index (κ1) is 13.5. The topological polar surface area (TPSA) is 0 Å². The molecule has 2 radical (unpaired) electrons. The Morgan fingerprint density at radius 3 is 2.00 bits per heavy atom. The van der Waals surface area contributed by atoms with Crippen molar-refractivity contribution < 1.29 is 0 Å². The summed E-state index contributed by atoms with van der Waals surface area (Å²) in [6.07, 6.45) is 0. The van der Waals surface area contributed by atoms with E-state index in [1.165, 1.54) is 27.8 Å². The summed E-state index contributed by atoms with van der Waals surface area (Å²) in [6, 6.07) is 13.2. The van der Waals surface area contributed by atoms with E-state index in [-0.39, 0.29) is 10.8 Å². The van der Waals surface area contributed by atoms with Crippen LogP contribution >= 0.6 is 0 Å². The first-order valence-corrected chi connectivity index (χ1v) is 7.26. The molecule has 0 aliphatic heterocycles. The maximum absolute atomic E-state index is 5.99. The minimum atomic E-state index is 0.0291. The molecular weight excluding hydrogens is 239 g/mol. The molecule has 0 unspecified atom stereocenters. The molecule has 0 aromatic heterocycles. The molecule has 0 atom stereocenters. The van der Waals surface area contributed by atoms with Crippen molar-refractivity contribution in [3.05, 3.63) is 53.1 Å². The standard InChI is InChI=1S/C19H21B/c1-18(2,3)12-6-8-14-15-9-7-13(20)11-17(15)19(4,5)16(14)10-12/h6-11H,1-5H3. The SMILES string of the molecule is [B]c1ccc2c(c1)C(C)(C)c1cc(C(C)(C)C)ccc1-2. The van der Waals surface area contributed by atoms with Crippen molar-refractivity contribution >= 4 is 13.3 Å². The summed E-state index contributed by atoms with van der Waals surface area (Å²) in [5.74, 6) is 0. The maximum Gasteiger partial charge on any atom is 0.113 e. The molecule has 0 amide bonds. The van der Waals surface area contributed by atoms with Crippen LogP contribution in [0.3, 0.4) is 0 Å². The van der Waals surface area contributed by atoms with E-state index in [4.69, 9.17) is 7.85 Å². The Bertz CT molecular complexity index is 687. The molecule has 1 aliphatic rings. The Hall–Kier alpha value is -1.50.